The third kappa shape index (κ3) is 3.05. The molecule has 0 aromatic heterocycles. The molecule has 1 atom stereocenters. The van der Waals surface area contributed by atoms with Crippen LogP contribution in [0.25, 0.3) is 0 Å². The van der Waals surface area contributed by atoms with E-state index in [-0.39, 0.29) is 0 Å². The first kappa shape index (κ1) is 14.1. The number of hydrogen-bond donors (Lipinski definition) is 1. The van der Waals surface area contributed by atoms with E-state index in [1.165, 1.54) is 44.6 Å². The van der Waals surface area contributed by atoms with E-state index in [0.717, 1.165) is 13.1 Å². The maximum Gasteiger partial charge on any atom is 0.0351 e. The first-order valence-electron chi connectivity index (χ1n) is 7.97. The molecular formula is C17H27N3. The number of nitrogens with one attached hydrogen (secondary N) is 1. The highest BCUT2D eigenvalue weighted by Crippen LogP contribution is 2.35. The summed E-state index contributed by atoms with van der Waals surface area (Å²) in [6.07, 6.45) is 2.54. The van der Waals surface area contributed by atoms with Crippen LogP contribution in [0.4, 0.5) is 0 Å². The molecule has 1 unspecified atom stereocenters. The molecule has 1 fully saturated rings. The summed E-state index contributed by atoms with van der Waals surface area (Å²) in [6, 6.07) is 7.61. The molecular weight excluding hydrogens is 246 g/mol. The summed E-state index contributed by atoms with van der Waals surface area (Å²) in [6.45, 7) is 9.29. The summed E-state index contributed by atoms with van der Waals surface area (Å²) in [5.74, 6) is 0. The van der Waals surface area contributed by atoms with E-state index in [2.05, 4.69) is 47.3 Å². The van der Waals surface area contributed by atoms with Crippen LogP contribution in [0.5, 0.6) is 0 Å². The number of nitrogens with zero attached hydrogens (tertiary/aromatic N) is 2. The lowest BCUT2D eigenvalue weighted by Crippen LogP contribution is -2.46. The van der Waals surface area contributed by atoms with Gasteiger partial charge >= 0.3 is 0 Å². The number of hydrogen-bond acceptors (Lipinski definition) is 3. The van der Waals surface area contributed by atoms with Gasteiger partial charge in [0, 0.05) is 45.3 Å². The number of piperazine rings is 1. The molecule has 1 saturated heterocycles. The Morgan fingerprint density at radius 1 is 1.30 bits per heavy atom. The number of likely N-dealkylation sites (N-methyl/N-ethyl adjacent to an activating group) is 1. The zero-order valence-electron chi connectivity index (χ0n) is 12.9. The Morgan fingerprint density at radius 3 is 2.90 bits per heavy atom. The molecule has 110 valence electrons. The molecule has 1 aliphatic heterocycles. The largest absolute Gasteiger partial charge is 0.314 e. The van der Waals surface area contributed by atoms with Crippen LogP contribution in [0.1, 0.15) is 29.2 Å². The Hall–Kier alpha value is -0.900. The molecule has 3 rings (SSSR count). The van der Waals surface area contributed by atoms with Crippen LogP contribution in [-0.2, 0) is 6.42 Å². The predicted molar refractivity (Wildman–Crippen MR) is 84.2 cm³/mol. The Bertz CT molecular complexity index is 452. The molecule has 1 aromatic carbocycles. The molecule has 0 bridgehead atoms. The van der Waals surface area contributed by atoms with Crippen LogP contribution in [0, 0.1) is 6.92 Å². The monoisotopic (exact) mass is 273 g/mol. The topological polar surface area (TPSA) is 18.5 Å². The molecule has 0 saturated carbocycles. The van der Waals surface area contributed by atoms with Crippen molar-refractivity contribution < 1.29 is 0 Å². The summed E-state index contributed by atoms with van der Waals surface area (Å²) < 4.78 is 0. The Balaban J connectivity index is 1.58. The van der Waals surface area contributed by atoms with Crippen LogP contribution < -0.4 is 5.32 Å². The lowest BCUT2D eigenvalue weighted by molar-refractivity contribution is 0.176. The second-order valence-corrected chi connectivity index (χ2v) is 6.33. The Kier molecular flexibility index (Phi) is 4.39. The predicted octanol–water partition coefficient (Wildman–Crippen LogP) is 1.82. The van der Waals surface area contributed by atoms with Gasteiger partial charge < -0.3 is 5.32 Å². The maximum absolute atomic E-state index is 3.42. The SMILES string of the molecule is Cc1ccc2c(c1)C(N(C)CCN1CCNCC1)CC2. The van der Waals surface area contributed by atoms with Gasteiger partial charge in [0.15, 0.2) is 0 Å². The minimum Gasteiger partial charge on any atom is -0.314 e. The average Bonchev–Trinajstić information content (AvgIpc) is 2.89. The van der Waals surface area contributed by atoms with Gasteiger partial charge in [-0.2, -0.15) is 0 Å². The van der Waals surface area contributed by atoms with Gasteiger partial charge in [-0.25, -0.2) is 0 Å². The van der Waals surface area contributed by atoms with Crippen molar-refractivity contribution in [3.05, 3.63) is 34.9 Å². The van der Waals surface area contributed by atoms with Gasteiger partial charge in [-0.05, 0) is 37.9 Å². The van der Waals surface area contributed by atoms with Gasteiger partial charge in [0.25, 0.3) is 0 Å². The molecule has 1 aliphatic carbocycles. The van der Waals surface area contributed by atoms with E-state index in [9.17, 15) is 0 Å². The third-order valence-corrected chi connectivity index (χ3v) is 4.86. The van der Waals surface area contributed by atoms with Gasteiger partial charge in [-0.15, -0.1) is 0 Å². The maximum atomic E-state index is 3.42. The molecule has 0 radical (unpaired) electrons. The van der Waals surface area contributed by atoms with Gasteiger partial charge in [-0.1, -0.05) is 23.8 Å². The summed E-state index contributed by atoms with van der Waals surface area (Å²) in [4.78, 5) is 5.15. The third-order valence-electron chi connectivity index (χ3n) is 4.86. The quantitative estimate of drug-likeness (QED) is 0.903. The number of rotatable bonds is 4. The average molecular weight is 273 g/mol. The van der Waals surface area contributed by atoms with Crippen molar-refractivity contribution in [2.24, 2.45) is 0 Å². The van der Waals surface area contributed by atoms with Crippen LogP contribution in [-0.4, -0.2) is 56.1 Å². The lowest BCUT2D eigenvalue weighted by Gasteiger charge is -2.31. The zero-order chi connectivity index (χ0) is 13.9. The fourth-order valence-corrected chi connectivity index (χ4v) is 3.55. The van der Waals surface area contributed by atoms with Crippen LogP contribution in [0.15, 0.2) is 18.2 Å². The van der Waals surface area contributed by atoms with E-state index in [1.807, 2.05) is 0 Å². The van der Waals surface area contributed by atoms with E-state index >= 15 is 0 Å². The fourth-order valence-electron chi connectivity index (χ4n) is 3.55. The first-order valence-corrected chi connectivity index (χ1v) is 7.97. The standard InChI is InChI=1S/C17H27N3/c1-14-3-4-15-5-6-17(16(15)13-14)19(2)11-12-20-9-7-18-8-10-20/h3-4,13,17-18H,5-12H2,1-2H3. The normalized spacial score (nSPS) is 23.2. The van der Waals surface area contributed by atoms with E-state index in [4.69, 9.17) is 0 Å². The minimum absolute atomic E-state index is 0.632. The molecule has 0 spiro atoms. The van der Waals surface area contributed by atoms with Gasteiger partial charge in [0.2, 0.25) is 0 Å². The molecule has 20 heavy (non-hydrogen) atoms. The number of aryl methyl sites for hydroxylation is 2. The second kappa shape index (κ2) is 6.25. The van der Waals surface area contributed by atoms with E-state index < -0.39 is 0 Å². The van der Waals surface area contributed by atoms with Crippen molar-refractivity contribution in [2.45, 2.75) is 25.8 Å². The number of benzene rings is 1. The van der Waals surface area contributed by atoms with Crippen molar-refractivity contribution in [2.75, 3.05) is 46.3 Å². The van der Waals surface area contributed by atoms with Gasteiger partial charge in [0.05, 0.1) is 0 Å². The van der Waals surface area contributed by atoms with E-state index in [0.29, 0.717) is 6.04 Å². The van der Waals surface area contributed by atoms with E-state index in [1.54, 1.807) is 11.1 Å². The van der Waals surface area contributed by atoms with Crippen LogP contribution in [0.3, 0.4) is 0 Å². The van der Waals surface area contributed by atoms with Crippen LogP contribution in [0.2, 0.25) is 0 Å². The van der Waals surface area contributed by atoms with Crippen molar-refractivity contribution in [3.63, 3.8) is 0 Å². The fraction of sp³-hybridized carbons (Fsp3) is 0.647. The van der Waals surface area contributed by atoms with Crippen molar-refractivity contribution in [3.8, 4) is 0 Å². The highest BCUT2D eigenvalue weighted by molar-refractivity contribution is 5.37. The van der Waals surface area contributed by atoms with Crippen LogP contribution >= 0.6 is 0 Å². The lowest BCUT2D eigenvalue weighted by atomic mass is 10.0. The van der Waals surface area contributed by atoms with Crippen molar-refractivity contribution in [1.29, 1.82) is 0 Å². The molecule has 1 N–H and O–H groups in total. The molecule has 1 aromatic rings. The highest BCUT2D eigenvalue weighted by Gasteiger charge is 2.26. The Morgan fingerprint density at radius 2 is 2.10 bits per heavy atom. The van der Waals surface area contributed by atoms with Gasteiger partial charge in [0.1, 0.15) is 0 Å². The molecule has 0 amide bonds. The highest BCUT2D eigenvalue weighted by atomic mass is 15.2. The molecule has 1 heterocycles. The van der Waals surface area contributed by atoms with Crippen molar-refractivity contribution >= 4 is 0 Å². The van der Waals surface area contributed by atoms with Gasteiger partial charge in [-0.3, -0.25) is 9.80 Å². The summed E-state index contributed by atoms with van der Waals surface area (Å²) in [5, 5.41) is 3.42. The smallest absolute Gasteiger partial charge is 0.0351 e. The summed E-state index contributed by atoms with van der Waals surface area (Å²) >= 11 is 0. The molecule has 3 nitrogen and oxygen atoms in total. The minimum atomic E-state index is 0.632. The second-order valence-electron chi connectivity index (χ2n) is 6.33. The molecule has 3 heteroatoms. The summed E-state index contributed by atoms with van der Waals surface area (Å²) in [7, 11) is 2.30. The van der Waals surface area contributed by atoms with Crippen molar-refractivity contribution in [1.82, 2.24) is 15.1 Å². The zero-order valence-corrected chi connectivity index (χ0v) is 12.9. The molecule has 2 aliphatic rings. The summed E-state index contributed by atoms with van der Waals surface area (Å²) in [5.41, 5.74) is 4.54. The number of fused-ring (bicyclic) bond motifs is 1. The first-order chi connectivity index (χ1) is 9.74. The Labute approximate surface area is 123 Å².